The van der Waals surface area contributed by atoms with Crippen molar-refractivity contribution >= 4 is 21.9 Å². The molecule has 1 aliphatic rings. The molecular weight excluding hydrogens is 334 g/mol. The molecule has 1 aliphatic heterocycles. The third-order valence-electron chi connectivity index (χ3n) is 3.96. The third kappa shape index (κ3) is 5.00. The summed E-state index contributed by atoms with van der Waals surface area (Å²) in [5.74, 6) is -1.35. The molecular formula is C15H21N3O5S. The molecule has 1 atom stereocenters. The predicted octanol–water partition coefficient (Wildman–Crippen LogP) is 0.714. The summed E-state index contributed by atoms with van der Waals surface area (Å²) in [6.45, 7) is 0.864. The van der Waals surface area contributed by atoms with Gasteiger partial charge in [-0.15, -0.1) is 0 Å². The van der Waals surface area contributed by atoms with Crippen molar-refractivity contribution in [2.75, 3.05) is 19.3 Å². The molecule has 24 heavy (non-hydrogen) atoms. The van der Waals surface area contributed by atoms with Gasteiger partial charge in [0.2, 0.25) is 10.0 Å². The van der Waals surface area contributed by atoms with Gasteiger partial charge in [-0.25, -0.2) is 17.9 Å². The number of hydrogen-bond acceptors (Lipinski definition) is 5. The fourth-order valence-corrected chi connectivity index (χ4v) is 3.26. The highest BCUT2D eigenvalue weighted by Crippen LogP contribution is 2.21. The summed E-state index contributed by atoms with van der Waals surface area (Å²) in [4.78, 5) is 29.1. The summed E-state index contributed by atoms with van der Waals surface area (Å²) in [5.41, 5.74) is 0.224. The molecule has 2 heterocycles. The molecule has 8 nitrogen and oxygen atoms in total. The van der Waals surface area contributed by atoms with Crippen molar-refractivity contribution in [3.63, 3.8) is 0 Å². The summed E-state index contributed by atoms with van der Waals surface area (Å²) in [7, 11) is -3.25. The van der Waals surface area contributed by atoms with Crippen LogP contribution in [0, 0.1) is 0 Å². The van der Waals surface area contributed by atoms with Crippen LogP contribution < -0.4 is 4.72 Å². The molecule has 1 fully saturated rings. The Balaban J connectivity index is 2.05. The fourth-order valence-electron chi connectivity index (χ4n) is 2.77. The number of sulfonamides is 1. The van der Waals surface area contributed by atoms with Gasteiger partial charge >= 0.3 is 5.97 Å². The van der Waals surface area contributed by atoms with Crippen LogP contribution in [-0.2, 0) is 10.0 Å². The van der Waals surface area contributed by atoms with Crippen LogP contribution in [0.3, 0.4) is 0 Å². The molecule has 0 aromatic carbocycles. The van der Waals surface area contributed by atoms with Gasteiger partial charge in [-0.2, -0.15) is 0 Å². The second-order valence-electron chi connectivity index (χ2n) is 5.84. The van der Waals surface area contributed by atoms with Gasteiger partial charge in [-0.05, 0) is 37.8 Å². The number of carbonyl (C=O) groups excluding carboxylic acids is 1. The molecule has 0 aliphatic carbocycles. The van der Waals surface area contributed by atoms with Crippen LogP contribution in [-0.4, -0.2) is 60.7 Å². The van der Waals surface area contributed by atoms with E-state index in [1.807, 2.05) is 0 Å². The number of nitrogens with one attached hydrogen (secondary N) is 1. The van der Waals surface area contributed by atoms with E-state index in [1.54, 1.807) is 4.90 Å². The zero-order valence-corrected chi connectivity index (χ0v) is 14.3. The Hall–Kier alpha value is -2.00. The molecule has 9 heteroatoms. The van der Waals surface area contributed by atoms with E-state index in [4.69, 9.17) is 5.11 Å². The van der Waals surface area contributed by atoms with Crippen molar-refractivity contribution in [1.82, 2.24) is 14.6 Å². The molecule has 132 valence electrons. The zero-order chi connectivity index (χ0) is 17.7. The van der Waals surface area contributed by atoms with E-state index >= 15 is 0 Å². The number of pyridine rings is 1. The topological polar surface area (TPSA) is 117 Å². The molecule has 2 N–H and O–H groups in total. The highest BCUT2D eigenvalue weighted by molar-refractivity contribution is 7.88. The number of amides is 1. The lowest BCUT2D eigenvalue weighted by molar-refractivity contribution is 0.0595. The van der Waals surface area contributed by atoms with Crippen LogP contribution in [0.1, 0.15) is 46.5 Å². The van der Waals surface area contributed by atoms with Crippen LogP contribution in [0.25, 0.3) is 0 Å². The largest absolute Gasteiger partial charge is 0.478 e. The maximum Gasteiger partial charge on any atom is 0.337 e. The fraction of sp³-hybridized carbons (Fsp3) is 0.533. The predicted molar refractivity (Wildman–Crippen MR) is 87.3 cm³/mol. The lowest BCUT2D eigenvalue weighted by Gasteiger charge is -2.35. The maximum atomic E-state index is 12.6. The average molecular weight is 355 g/mol. The Bertz CT molecular complexity index is 702. The highest BCUT2D eigenvalue weighted by atomic mass is 32.2. The monoisotopic (exact) mass is 355 g/mol. The Labute approximate surface area is 140 Å². The quantitative estimate of drug-likeness (QED) is 0.776. The van der Waals surface area contributed by atoms with E-state index in [1.165, 1.54) is 18.3 Å². The molecule has 0 spiro atoms. The van der Waals surface area contributed by atoms with Gasteiger partial charge in [0.05, 0.1) is 11.8 Å². The molecule has 1 unspecified atom stereocenters. The summed E-state index contributed by atoms with van der Waals surface area (Å²) in [6.07, 6.45) is 5.48. The number of aromatic nitrogens is 1. The molecule has 1 aromatic heterocycles. The second-order valence-corrected chi connectivity index (χ2v) is 7.67. The van der Waals surface area contributed by atoms with Crippen molar-refractivity contribution < 1.29 is 23.1 Å². The van der Waals surface area contributed by atoms with E-state index in [-0.39, 0.29) is 29.8 Å². The average Bonchev–Trinajstić information content (AvgIpc) is 2.53. The minimum absolute atomic E-state index is 0.0269. The van der Waals surface area contributed by atoms with Crippen molar-refractivity contribution in [3.8, 4) is 0 Å². The molecule has 1 amide bonds. The van der Waals surface area contributed by atoms with E-state index in [0.717, 1.165) is 25.5 Å². The number of carboxylic acids is 1. The number of likely N-dealkylation sites (tertiary alicyclic amines) is 1. The highest BCUT2D eigenvalue weighted by Gasteiger charge is 2.28. The van der Waals surface area contributed by atoms with Crippen molar-refractivity contribution in [2.45, 2.75) is 31.7 Å². The Morgan fingerprint density at radius 1 is 1.38 bits per heavy atom. The van der Waals surface area contributed by atoms with Gasteiger partial charge in [-0.1, -0.05) is 0 Å². The third-order valence-corrected chi connectivity index (χ3v) is 4.69. The smallest absolute Gasteiger partial charge is 0.337 e. The van der Waals surface area contributed by atoms with Crippen LogP contribution in [0.4, 0.5) is 0 Å². The number of piperidine rings is 1. The van der Waals surface area contributed by atoms with E-state index in [9.17, 15) is 18.0 Å². The lowest BCUT2D eigenvalue weighted by Crippen LogP contribution is -2.45. The van der Waals surface area contributed by atoms with Crippen LogP contribution >= 0.6 is 0 Å². The first-order chi connectivity index (χ1) is 11.3. The first kappa shape index (κ1) is 18.3. The SMILES string of the molecule is CS(=O)(=O)NCCC1CCCCN1C(=O)c1ccc(C(=O)O)cn1. The van der Waals surface area contributed by atoms with Crippen LogP contribution in [0.2, 0.25) is 0 Å². The first-order valence-electron chi connectivity index (χ1n) is 7.73. The second kappa shape index (κ2) is 7.71. The minimum Gasteiger partial charge on any atom is -0.478 e. The molecule has 0 saturated carbocycles. The first-order valence-corrected chi connectivity index (χ1v) is 9.62. The Morgan fingerprint density at radius 3 is 2.71 bits per heavy atom. The summed E-state index contributed by atoms with van der Waals surface area (Å²) in [6, 6.07) is 2.71. The number of aromatic carboxylic acids is 1. The van der Waals surface area contributed by atoms with Gasteiger partial charge in [-0.3, -0.25) is 9.78 Å². The normalized spacial score (nSPS) is 18.4. The minimum atomic E-state index is -3.25. The number of hydrogen-bond donors (Lipinski definition) is 2. The molecule has 1 aromatic rings. The number of carbonyl (C=O) groups is 2. The van der Waals surface area contributed by atoms with Gasteiger partial charge in [0.15, 0.2) is 0 Å². The molecule has 2 rings (SSSR count). The number of rotatable bonds is 6. The Kier molecular flexibility index (Phi) is 5.89. The van der Waals surface area contributed by atoms with Crippen LogP contribution in [0.5, 0.6) is 0 Å². The van der Waals surface area contributed by atoms with Crippen LogP contribution in [0.15, 0.2) is 18.3 Å². The maximum absolute atomic E-state index is 12.6. The summed E-state index contributed by atoms with van der Waals surface area (Å²) < 4.78 is 24.7. The van der Waals surface area contributed by atoms with Crippen molar-refractivity contribution in [1.29, 1.82) is 0 Å². The number of carboxylic acid groups (broad SMARTS) is 1. The van der Waals surface area contributed by atoms with Crippen molar-refractivity contribution in [3.05, 3.63) is 29.6 Å². The van der Waals surface area contributed by atoms with E-state index in [2.05, 4.69) is 9.71 Å². The number of nitrogens with zero attached hydrogens (tertiary/aromatic N) is 2. The van der Waals surface area contributed by atoms with Gasteiger partial charge in [0.1, 0.15) is 5.69 Å². The molecule has 0 radical (unpaired) electrons. The molecule has 0 bridgehead atoms. The summed E-state index contributed by atoms with van der Waals surface area (Å²) in [5, 5.41) is 8.88. The summed E-state index contributed by atoms with van der Waals surface area (Å²) >= 11 is 0. The van der Waals surface area contributed by atoms with E-state index < -0.39 is 16.0 Å². The van der Waals surface area contributed by atoms with E-state index in [0.29, 0.717) is 13.0 Å². The zero-order valence-electron chi connectivity index (χ0n) is 13.4. The standard InChI is InChI=1S/C15H21N3O5S/c1-24(22,23)17-8-7-12-4-2-3-9-18(12)14(19)13-6-5-11(10-16-13)15(20)21/h5-6,10,12,17H,2-4,7-9H2,1H3,(H,20,21). The van der Waals surface area contributed by atoms with Crippen molar-refractivity contribution in [2.24, 2.45) is 0 Å². The van der Waals surface area contributed by atoms with Gasteiger partial charge < -0.3 is 10.0 Å². The Morgan fingerprint density at radius 2 is 2.12 bits per heavy atom. The van der Waals surface area contributed by atoms with Gasteiger partial charge in [0.25, 0.3) is 5.91 Å². The molecule has 1 saturated heterocycles. The lowest BCUT2D eigenvalue weighted by atomic mass is 9.99. The van der Waals surface area contributed by atoms with Gasteiger partial charge in [0, 0.05) is 25.3 Å².